The van der Waals surface area contributed by atoms with E-state index in [4.69, 9.17) is 10.3 Å². The fraction of sp³-hybridized carbons (Fsp3) is 0.846. The van der Waals surface area contributed by atoms with Gasteiger partial charge in [-0.2, -0.15) is 4.98 Å². The highest BCUT2D eigenvalue weighted by atomic mass is 35.5. The topological polar surface area (TPSA) is 64.9 Å². The third kappa shape index (κ3) is 3.04. The number of nitrogens with zero attached hydrogens (tertiary/aromatic N) is 2. The molecule has 2 atom stereocenters. The molecule has 1 aromatic heterocycles. The molecule has 0 saturated heterocycles. The minimum absolute atomic E-state index is 0. The smallest absolute Gasteiger partial charge is 0.231 e. The lowest BCUT2D eigenvalue weighted by molar-refractivity contribution is 0.222. The quantitative estimate of drug-likeness (QED) is 0.854. The maximum absolute atomic E-state index is 6.34. The van der Waals surface area contributed by atoms with Crippen LogP contribution >= 0.6 is 12.4 Å². The van der Waals surface area contributed by atoms with Gasteiger partial charge in [-0.3, -0.25) is 0 Å². The Morgan fingerprint density at radius 2 is 2.00 bits per heavy atom. The molecule has 0 bridgehead atoms. The van der Waals surface area contributed by atoms with Crippen LogP contribution in [0.3, 0.4) is 0 Å². The van der Waals surface area contributed by atoms with E-state index in [-0.39, 0.29) is 29.3 Å². The lowest BCUT2D eigenvalue weighted by Gasteiger charge is -2.35. The van der Waals surface area contributed by atoms with Crippen molar-refractivity contribution in [3.63, 3.8) is 0 Å². The fourth-order valence-corrected chi connectivity index (χ4v) is 2.45. The summed E-state index contributed by atoms with van der Waals surface area (Å²) >= 11 is 0. The van der Waals surface area contributed by atoms with Crippen molar-refractivity contribution in [2.24, 2.45) is 5.73 Å². The van der Waals surface area contributed by atoms with Gasteiger partial charge >= 0.3 is 0 Å². The van der Waals surface area contributed by atoms with Crippen LogP contribution in [0.25, 0.3) is 0 Å². The Morgan fingerprint density at radius 3 is 2.50 bits per heavy atom. The van der Waals surface area contributed by atoms with Crippen molar-refractivity contribution >= 4 is 12.4 Å². The fourth-order valence-electron chi connectivity index (χ4n) is 2.45. The second-order valence-electron chi connectivity index (χ2n) is 6.51. The van der Waals surface area contributed by atoms with Crippen LogP contribution in [0.4, 0.5) is 0 Å². The number of hydrogen-bond acceptors (Lipinski definition) is 4. The van der Waals surface area contributed by atoms with Gasteiger partial charge in [0.15, 0.2) is 5.82 Å². The lowest BCUT2D eigenvalue weighted by Crippen LogP contribution is -2.44. The third-order valence-electron chi connectivity index (χ3n) is 3.66. The van der Waals surface area contributed by atoms with Gasteiger partial charge in [-0.1, -0.05) is 38.8 Å². The summed E-state index contributed by atoms with van der Waals surface area (Å²) in [6.45, 7) is 8.36. The normalized spacial score (nSPS) is 28.8. The summed E-state index contributed by atoms with van der Waals surface area (Å²) in [7, 11) is 0. The summed E-state index contributed by atoms with van der Waals surface area (Å²) in [5.74, 6) is 1.70. The van der Waals surface area contributed by atoms with Crippen LogP contribution in [0.15, 0.2) is 4.52 Å². The molecule has 18 heavy (non-hydrogen) atoms. The van der Waals surface area contributed by atoms with Crippen molar-refractivity contribution in [3.05, 3.63) is 11.7 Å². The van der Waals surface area contributed by atoms with Crippen LogP contribution in [-0.4, -0.2) is 15.7 Å². The van der Waals surface area contributed by atoms with E-state index in [1.54, 1.807) is 0 Å². The van der Waals surface area contributed by atoms with Gasteiger partial charge in [-0.15, -0.1) is 12.4 Å². The minimum atomic E-state index is -0.208. The molecule has 0 radical (unpaired) electrons. The van der Waals surface area contributed by atoms with Gasteiger partial charge in [0.1, 0.15) is 0 Å². The molecule has 2 unspecified atom stereocenters. The number of aromatic nitrogens is 2. The van der Waals surface area contributed by atoms with Crippen molar-refractivity contribution in [1.82, 2.24) is 10.1 Å². The summed E-state index contributed by atoms with van der Waals surface area (Å²) in [5, 5.41) is 4.09. The van der Waals surface area contributed by atoms with Crippen LogP contribution in [0.5, 0.6) is 0 Å². The Labute approximate surface area is 115 Å². The average Bonchev–Trinajstić information content (AvgIpc) is 2.65. The van der Waals surface area contributed by atoms with E-state index >= 15 is 0 Å². The lowest BCUT2D eigenvalue weighted by atomic mass is 9.74. The van der Waals surface area contributed by atoms with Gasteiger partial charge in [-0.05, 0) is 19.8 Å². The number of nitrogens with two attached hydrogens (primary N) is 1. The standard InChI is InChI=1S/C13H23N3O.ClH/c1-12(2,3)11-15-10(17-16-11)9-7-5-6-8-13(9,4)14;/h9H,5-8,14H2,1-4H3;1H. The highest BCUT2D eigenvalue weighted by Crippen LogP contribution is 2.38. The van der Waals surface area contributed by atoms with E-state index < -0.39 is 0 Å². The Balaban J connectivity index is 0.00000162. The summed E-state index contributed by atoms with van der Waals surface area (Å²) in [6.07, 6.45) is 4.48. The largest absolute Gasteiger partial charge is 0.339 e. The van der Waals surface area contributed by atoms with Crippen LogP contribution in [0.1, 0.15) is 71.0 Å². The van der Waals surface area contributed by atoms with E-state index in [0.717, 1.165) is 24.6 Å². The van der Waals surface area contributed by atoms with Gasteiger partial charge in [0.05, 0.1) is 5.92 Å². The van der Waals surface area contributed by atoms with E-state index in [1.165, 1.54) is 12.8 Å². The van der Waals surface area contributed by atoms with E-state index in [2.05, 4.69) is 37.8 Å². The molecule has 0 spiro atoms. The minimum Gasteiger partial charge on any atom is -0.339 e. The molecular weight excluding hydrogens is 250 g/mol. The first-order valence-corrected chi connectivity index (χ1v) is 6.44. The summed E-state index contributed by atoms with van der Waals surface area (Å²) in [5.41, 5.74) is 6.07. The number of hydrogen-bond donors (Lipinski definition) is 1. The van der Waals surface area contributed by atoms with Gasteiger partial charge in [0.2, 0.25) is 5.89 Å². The molecule has 0 aliphatic heterocycles. The molecule has 2 rings (SSSR count). The second kappa shape index (κ2) is 5.17. The highest BCUT2D eigenvalue weighted by molar-refractivity contribution is 5.85. The molecule has 1 aliphatic carbocycles. The summed E-state index contributed by atoms with van der Waals surface area (Å²) < 4.78 is 5.43. The van der Waals surface area contributed by atoms with Crippen molar-refractivity contribution in [2.45, 2.75) is 70.3 Å². The predicted octanol–water partition coefficient (Wildman–Crippen LogP) is 3.16. The van der Waals surface area contributed by atoms with Gasteiger partial charge in [0.25, 0.3) is 0 Å². The zero-order valence-electron chi connectivity index (χ0n) is 11.7. The van der Waals surface area contributed by atoms with Crippen LogP contribution < -0.4 is 5.73 Å². The highest BCUT2D eigenvalue weighted by Gasteiger charge is 2.38. The molecule has 0 aromatic carbocycles. The Kier molecular flexibility index (Phi) is 4.44. The van der Waals surface area contributed by atoms with Crippen LogP contribution in [-0.2, 0) is 5.41 Å². The first-order chi connectivity index (χ1) is 7.81. The zero-order chi connectivity index (χ0) is 12.7. The first-order valence-electron chi connectivity index (χ1n) is 6.44. The van der Waals surface area contributed by atoms with Gasteiger partial charge < -0.3 is 10.3 Å². The molecular formula is C13H24ClN3O. The molecule has 1 aromatic rings. The van der Waals surface area contributed by atoms with E-state index in [1.807, 2.05) is 0 Å². The molecule has 1 fully saturated rings. The monoisotopic (exact) mass is 273 g/mol. The molecule has 1 aliphatic rings. The molecule has 5 heteroatoms. The van der Waals surface area contributed by atoms with E-state index in [0.29, 0.717) is 0 Å². The maximum atomic E-state index is 6.34. The number of halogens is 1. The predicted molar refractivity (Wildman–Crippen MR) is 74.0 cm³/mol. The Bertz CT molecular complexity index is 395. The van der Waals surface area contributed by atoms with Crippen molar-refractivity contribution in [1.29, 1.82) is 0 Å². The number of rotatable bonds is 1. The van der Waals surface area contributed by atoms with Crippen molar-refractivity contribution in [2.75, 3.05) is 0 Å². The molecule has 0 amide bonds. The Hall–Kier alpha value is -0.610. The molecule has 1 saturated carbocycles. The second-order valence-corrected chi connectivity index (χ2v) is 6.51. The Morgan fingerprint density at radius 1 is 1.33 bits per heavy atom. The average molecular weight is 274 g/mol. The van der Waals surface area contributed by atoms with Crippen molar-refractivity contribution < 1.29 is 4.52 Å². The van der Waals surface area contributed by atoms with Gasteiger partial charge in [0, 0.05) is 11.0 Å². The first kappa shape index (κ1) is 15.4. The van der Waals surface area contributed by atoms with Crippen LogP contribution in [0, 0.1) is 0 Å². The molecule has 2 N–H and O–H groups in total. The third-order valence-corrected chi connectivity index (χ3v) is 3.66. The summed E-state index contributed by atoms with van der Waals surface area (Å²) in [6, 6.07) is 0. The zero-order valence-corrected chi connectivity index (χ0v) is 12.5. The van der Waals surface area contributed by atoms with Gasteiger partial charge in [-0.25, -0.2) is 0 Å². The summed E-state index contributed by atoms with van der Waals surface area (Å²) in [4.78, 5) is 4.54. The SMILES string of the molecule is CC(C)(C)c1noc(C2CCCCC2(C)N)n1.Cl. The van der Waals surface area contributed by atoms with Crippen molar-refractivity contribution in [3.8, 4) is 0 Å². The molecule has 1 heterocycles. The van der Waals surface area contributed by atoms with E-state index in [9.17, 15) is 0 Å². The molecule has 104 valence electrons. The molecule has 4 nitrogen and oxygen atoms in total. The van der Waals surface area contributed by atoms with Crippen LogP contribution in [0.2, 0.25) is 0 Å². The maximum Gasteiger partial charge on any atom is 0.231 e.